The molecule has 5 rings (SSSR count). The van der Waals surface area contributed by atoms with Crippen molar-refractivity contribution in [1.82, 2.24) is 19.7 Å². The Labute approximate surface area is 209 Å². The monoisotopic (exact) mass is 501 g/mol. The van der Waals surface area contributed by atoms with Gasteiger partial charge < -0.3 is 19.1 Å². The molecular weight excluding hydrogens is 473 g/mol. The second kappa shape index (κ2) is 10.5. The molecule has 2 fully saturated rings. The fraction of sp³-hybridized carbons (Fsp3) is 0.480. The van der Waals surface area contributed by atoms with E-state index in [1.165, 1.54) is 12.1 Å². The minimum Gasteiger partial charge on any atom is -0.481 e. The lowest BCUT2D eigenvalue weighted by molar-refractivity contribution is -0.0412. The summed E-state index contributed by atoms with van der Waals surface area (Å²) in [5, 5.41) is 9.51. The van der Waals surface area contributed by atoms with E-state index in [1.807, 2.05) is 16.7 Å². The van der Waals surface area contributed by atoms with Crippen LogP contribution in [0.25, 0.3) is 5.69 Å². The van der Waals surface area contributed by atoms with Crippen molar-refractivity contribution in [2.24, 2.45) is 5.92 Å². The molecule has 0 spiro atoms. The number of pyridine rings is 1. The highest BCUT2D eigenvalue weighted by Gasteiger charge is 2.35. The van der Waals surface area contributed by atoms with E-state index in [9.17, 15) is 4.39 Å². The molecule has 2 aliphatic heterocycles. The van der Waals surface area contributed by atoms with Gasteiger partial charge >= 0.3 is 0 Å². The molecule has 0 radical (unpaired) electrons. The van der Waals surface area contributed by atoms with E-state index in [0.717, 1.165) is 36.6 Å². The van der Waals surface area contributed by atoms with Crippen LogP contribution >= 0.6 is 11.6 Å². The predicted molar refractivity (Wildman–Crippen MR) is 130 cm³/mol. The van der Waals surface area contributed by atoms with Crippen molar-refractivity contribution in [2.75, 3.05) is 38.3 Å². The topological polar surface area (TPSA) is 74.5 Å². The third-order valence-corrected chi connectivity index (χ3v) is 7.10. The van der Waals surface area contributed by atoms with Crippen LogP contribution in [0.4, 0.5) is 10.3 Å². The molecule has 1 aromatic carbocycles. The second-order valence-corrected chi connectivity index (χ2v) is 9.49. The molecule has 186 valence electrons. The molecule has 8 nitrogen and oxygen atoms in total. The van der Waals surface area contributed by atoms with Crippen molar-refractivity contribution in [3.8, 4) is 11.6 Å². The van der Waals surface area contributed by atoms with Gasteiger partial charge in [0.05, 0.1) is 25.1 Å². The summed E-state index contributed by atoms with van der Waals surface area (Å²) in [6.45, 7) is 5.39. The smallest absolute Gasteiger partial charge is 0.232 e. The second-order valence-electron chi connectivity index (χ2n) is 9.09. The Morgan fingerprint density at radius 2 is 1.97 bits per heavy atom. The highest BCUT2D eigenvalue weighted by molar-refractivity contribution is 6.31. The number of anilines is 1. The first-order valence-electron chi connectivity index (χ1n) is 11.9. The average Bonchev–Trinajstić information content (AvgIpc) is 3.47. The van der Waals surface area contributed by atoms with Crippen molar-refractivity contribution < 1.29 is 18.6 Å². The van der Waals surface area contributed by atoms with Gasteiger partial charge in [0.25, 0.3) is 0 Å². The number of halogens is 2. The first-order valence-corrected chi connectivity index (χ1v) is 12.2. The molecule has 35 heavy (non-hydrogen) atoms. The third-order valence-electron chi connectivity index (χ3n) is 6.77. The van der Waals surface area contributed by atoms with Crippen molar-refractivity contribution in [1.29, 1.82) is 0 Å². The highest BCUT2D eigenvalue weighted by atomic mass is 35.5. The maximum Gasteiger partial charge on any atom is 0.232 e. The summed E-state index contributed by atoms with van der Waals surface area (Å²) in [4.78, 5) is 6.58. The van der Waals surface area contributed by atoms with Crippen molar-refractivity contribution in [3.63, 3.8) is 0 Å². The van der Waals surface area contributed by atoms with Crippen molar-refractivity contribution >= 4 is 17.5 Å². The Morgan fingerprint density at radius 1 is 1.14 bits per heavy atom. The molecule has 0 bridgehead atoms. The van der Waals surface area contributed by atoms with Crippen molar-refractivity contribution in [2.45, 2.75) is 38.4 Å². The van der Waals surface area contributed by atoms with Crippen LogP contribution < -0.4 is 9.64 Å². The van der Waals surface area contributed by atoms with Gasteiger partial charge in [-0.05, 0) is 42.5 Å². The fourth-order valence-corrected chi connectivity index (χ4v) is 5.17. The van der Waals surface area contributed by atoms with Gasteiger partial charge in [-0.15, -0.1) is 10.2 Å². The molecule has 4 heterocycles. The number of hydrogen-bond acceptors (Lipinski definition) is 7. The summed E-state index contributed by atoms with van der Waals surface area (Å²) < 4.78 is 32.5. The summed E-state index contributed by atoms with van der Waals surface area (Å²) in [6, 6.07) is 8.38. The van der Waals surface area contributed by atoms with Crippen LogP contribution in [0, 0.1) is 11.7 Å². The molecule has 2 aliphatic rings. The minimum absolute atomic E-state index is 0.142. The van der Waals surface area contributed by atoms with E-state index in [4.69, 9.17) is 25.8 Å². The van der Waals surface area contributed by atoms with Gasteiger partial charge in [-0.3, -0.25) is 4.57 Å². The maximum absolute atomic E-state index is 13.6. The van der Waals surface area contributed by atoms with E-state index in [-0.39, 0.29) is 17.8 Å². The zero-order valence-corrected chi connectivity index (χ0v) is 20.6. The van der Waals surface area contributed by atoms with Crippen LogP contribution in [0.1, 0.15) is 37.1 Å². The van der Waals surface area contributed by atoms with E-state index in [2.05, 4.69) is 27.0 Å². The first kappa shape index (κ1) is 24.0. The van der Waals surface area contributed by atoms with Crippen LogP contribution in [-0.4, -0.2) is 59.3 Å². The van der Waals surface area contributed by atoms with Crippen LogP contribution in [-0.2, 0) is 16.1 Å². The quantitative estimate of drug-likeness (QED) is 0.475. The Bertz CT molecular complexity index is 1150. The van der Waals surface area contributed by atoms with Crippen LogP contribution in [0.5, 0.6) is 5.88 Å². The zero-order chi connectivity index (χ0) is 24.4. The number of methoxy groups -OCH3 is 1. The summed E-state index contributed by atoms with van der Waals surface area (Å²) in [5.74, 6) is 2.05. The Hall–Kier alpha value is -2.75. The molecule has 0 saturated carbocycles. The molecule has 2 atom stereocenters. The van der Waals surface area contributed by atoms with Crippen molar-refractivity contribution in [3.05, 3.63) is 58.8 Å². The lowest BCUT2D eigenvalue weighted by atomic mass is 9.90. The zero-order valence-electron chi connectivity index (χ0n) is 19.9. The molecule has 3 aromatic rings. The molecule has 0 N–H and O–H groups in total. The maximum atomic E-state index is 13.6. The van der Waals surface area contributed by atoms with E-state index in [1.54, 1.807) is 19.4 Å². The predicted octanol–water partition coefficient (Wildman–Crippen LogP) is 4.40. The van der Waals surface area contributed by atoms with Gasteiger partial charge in [-0.2, -0.15) is 0 Å². The lowest BCUT2D eigenvalue weighted by Gasteiger charge is -2.23. The largest absolute Gasteiger partial charge is 0.481 e. The fourth-order valence-electron chi connectivity index (χ4n) is 4.87. The SMILES string of the molecule is COc1ccc(-n2c(COC3CCOCC3)nnc2N2C[C@H](c3ccc(F)cc3Cl)[C@@H](C)C2)cn1. The standard InChI is InChI=1S/C25H29ClFN5O3/c1-16-13-31(14-21(16)20-5-3-17(27)11-22(20)26)25-30-29-23(15-35-19-7-9-34-10-8-19)32(25)18-4-6-24(33-2)28-12-18/h3-6,11-12,16,19,21H,7-10,13-15H2,1-2H3/t16-,21-/m0/s1. The summed E-state index contributed by atoms with van der Waals surface area (Å²) in [7, 11) is 1.59. The van der Waals surface area contributed by atoms with Crippen LogP contribution in [0.15, 0.2) is 36.5 Å². The number of nitrogens with zero attached hydrogens (tertiary/aromatic N) is 5. The normalized spacial score (nSPS) is 21.0. The molecular formula is C25H29ClFN5O3. The minimum atomic E-state index is -0.331. The van der Waals surface area contributed by atoms with E-state index < -0.39 is 0 Å². The summed E-state index contributed by atoms with van der Waals surface area (Å²) in [6.07, 6.45) is 3.63. The molecule has 0 unspecified atom stereocenters. The highest BCUT2D eigenvalue weighted by Crippen LogP contribution is 2.38. The molecule has 2 saturated heterocycles. The number of rotatable bonds is 7. The number of ether oxygens (including phenoxy) is 3. The van der Waals surface area contributed by atoms with Gasteiger partial charge in [0.2, 0.25) is 11.8 Å². The first-order chi connectivity index (χ1) is 17.0. The Balaban J connectivity index is 1.44. The van der Waals surface area contributed by atoms with Gasteiger partial charge in [-0.1, -0.05) is 24.6 Å². The molecule has 0 amide bonds. The van der Waals surface area contributed by atoms with E-state index in [0.29, 0.717) is 49.0 Å². The van der Waals surface area contributed by atoms with Gasteiger partial charge in [0.15, 0.2) is 5.82 Å². The number of benzene rings is 1. The number of aromatic nitrogens is 4. The lowest BCUT2D eigenvalue weighted by Crippen LogP contribution is -2.25. The van der Waals surface area contributed by atoms with Crippen LogP contribution in [0.3, 0.4) is 0 Å². The average molecular weight is 502 g/mol. The Kier molecular flexibility index (Phi) is 7.17. The molecule has 2 aromatic heterocycles. The van der Waals surface area contributed by atoms with Gasteiger partial charge in [-0.25, -0.2) is 9.37 Å². The Morgan fingerprint density at radius 3 is 2.69 bits per heavy atom. The summed E-state index contributed by atoms with van der Waals surface area (Å²) >= 11 is 6.41. The number of hydrogen-bond donors (Lipinski definition) is 0. The molecule has 10 heteroatoms. The van der Waals surface area contributed by atoms with Crippen LogP contribution in [0.2, 0.25) is 5.02 Å². The van der Waals surface area contributed by atoms with E-state index >= 15 is 0 Å². The molecule has 0 aliphatic carbocycles. The van der Waals surface area contributed by atoms with Gasteiger partial charge in [0, 0.05) is 43.3 Å². The van der Waals surface area contributed by atoms with Gasteiger partial charge in [0.1, 0.15) is 12.4 Å². The third kappa shape index (κ3) is 5.12. The summed E-state index contributed by atoms with van der Waals surface area (Å²) in [5.41, 5.74) is 1.77.